The molecule has 0 bridgehead atoms. The van der Waals surface area contributed by atoms with E-state index in [4.69, 9.17) is 5.14 Å². The first-order chi connectivity index (χ1) is 14.1. The van der Waals surface area contributed by atoms with Crippen LogP contribution in [0.3, 0.4) is 0 Å². The molecule has 0 aliphatic heterocycles. The summed E-state index contributed by atoms with van der Waals surface area (Å²) in [6, 6.07) is 7.77. The van der Waals surface area contributed by atoms with Crippen molar-refractivity contribution < 1.29 is 13.2 Å². The van der Waals surface area contributed by atoms with E-state index in [0.29, 0.717) is 5.69 Å². The Hall–Kier alpha value is -3.11. The molecular formula is C20H26N6O3S. The maximum atomic E-state index is 12.6. The molecule has 1 aromatic carbocycles. The molecule has 0 aliphatic rings. The number of primary sulfonamides is 1. The number of carbonyl (C=O) groups excluding carboxylic acids is 1. The number of carbonyl (C=O) groups is 1. The maximum absolute atomic E-state index is 12.6. The van der Waals surface area contributed by atoms with Gasteiger partial charge in [0, 0.05) is 31.2 Å². The predicted molar refractivity (Wildman–Crippen MR) is 115 cm³/mol. The molecule has 2 amide bonds. The zero-order chi connectivity index (χ0) is 21.9. The van der Waals surface area contributed by atoms with Crippen molar-refractivity contribution in [2.45, 2.75) is 37.6 Å². The van der Waals surface area contributed by atoms with Gasteiger partial charge < -0.3 is 15.2 Å². The van der Waals surface area contributed by atoms with Gasteiger partial charge in [-0.2, -0.15) is 5.10 Å². The first-order valence-electron chi connectivity index (χ1n) is 9.49. The van der Waals surface area contributed by atoms with Gasteiger partial charge in [0.05, 0.1) is 22.5 Å². The van der Waals surface area contributed by atoms with Crippen LogP contribution in [0.4, 0.5) is 10.5 Å². The van der Waals surface area contributed by atoms with Gasteiger partial charge in [0.25, 0.3) is 0 Å². The number of hydrogen-bond acceptors (Lipinski definition) is 4. The lowest BCUT2D eigenvalue weighted by atomic mass is 10.1. The highest BCUT2D eigenvalue weighted by Gasteiger charge is 2.16. The number of hydrogen-bond donors (Lipinski definition) is 3. The summed E-state index contributed by atoms with van der Waals surface area (Å²) in [4.78, 5) is 12.5. The molecule has 160 valence electrons. The number of nitrogens with two attached hydrogens (primary N) is 1. The molecule has 0 saturated heterocycles. The number of urea groups is 1. The third-order valence-electron chi connectivity index (χ3n) is 4.77. The lowest BCUT2D eigenvalue weighted by molar-refractivity contribution is 0.248. The van der Waals surface area contributed by atoms with Crippen molar-refractivity contribution in [3.8, 4) is 5.69 Å². The van der Waals surface area contributed by atoms with Crippen molar-refractivity contribution in [2.75, 3.05) is 5.32 Å². The van der Waals surface area contributed by atoms with Crippen molar-refractivity contribution in [1.29, 1.82) is 0 Å². The Morgan fingerprint density at radius 2 is 2.07 bits per heavy atom. The third-order valence-corrected chi connectivity index (χ3v) is 5.68. The number of rotatable bonds is 7. The smallest absolute Gasteiger partial charge is 0.319 e. The zero-order valence-electron chi connectivity index (χ0n) is 17.2. The van der Waals surface area contributed by atoms with Crippen LogP contribution in [0.25, 0.3) is 5.69 Å². The van der Waals surface area contributed by atoms with E-state index in [0.717, 1.165) is 18.4 Å². The highest BCUT2D eigenvalue weighted by atomic mass is 32.2. The molecule has 3 rings (SSSR count). The Bertz CT molecular complexity index is 1150. The molecule has 3 aromatic rings. The van der Waals surface area contributed by atoms with Crippen LogP contribution in [0.15, 0.2) is 53.8 Å². The Morgan fingerprint density at radius 1 is 1.30 bits per heavy atom. The average Bonchev–Trinajstić information content (AvgIpc) is 3.27. The quantitative estimate of drug-likeness (QED) is 0.532. The van der Waals surface area contributed by atoms with E-state index in [1.54, 1.807) is 23.1 Å². The molecule has 2 aromatic heterocycles. The van der Waals surface area contributed by atoms with E-state index in [2.05, 4.69) is 15.7 Å². The summed E-state index contributed by atoms with van der Waals surface area (Å²) >= 11 is 0. The minimum Gasteiger partial charge on any atom is -0.354 e. The monoisotopic (exact) mass is 430 g/mol. The van der Waals surface area contributed by atoms with Crippen molar-refractivity contribution >= 4 is 21.7 Å². The standard InChI is InChI=1S/C20H26N6O3S/c1-14-12-22-26(13-14)19-9-8-17(30(21,28)29)11-18(19)24-20(27)23-15(2)6-7-16-5-4-10-25(16)3/h4-5,8-13,15H,6-7H2,1-3H3,(H2,21,28,29)(H2,23,24,27)/t15-/m0/s1. The minimum absolute atomic E-state index is 0.0864. The molecule has 10 heteroatoms. The van der Waals surface area contributed by atoms with E-state index < -0.39 is 16.1 Å². The van der Waals surface area contributed by atoms with E-state index in [1.165, 1.54) is 17.8 Å². The molecule has 0 aliphatic carbocycles. The van der Waals surface area contributed by atoms with Gasteiger partial charge in [-0.05, 0) is 62.6 Å². The second-order valence-electron chi connectivity index (χ2n) is 7.33. The summed E-state index contributed by atoms with van der Waals surface area (Å²) in [5.41, 5.74) is 2.93. The number of anilines is 1. The van der Waals surface area contributed by atoms with E-state index in [9.17, 15) is 13.2 Å². The summed E-state index contributed by atoms with van der Waals surface area (Å²) in [6.07, 6.45) is 7.01. The fourth-order valence-electron chi connectivity index (χ4n) is 3.11. The Balaban J connectivity index is 1.74. The van der Waals surface area contributed by atoms with Gasteiger partial charge in [0.15, 0.2) is 0 Å². The molecule has 0 unspecified atom stereocenters. The average molecular weight is 431 g/mol. The van der Waals surface area contributed by atoms with Crippen molar-refractivity contribution in [3.63, 3.8) is 0 Å². The number of amides is 2. The fraction of sp³-hybridized carbons (Fsp3) is 0.300. The maximum Gasteiger partial charge on any atom is 0.319 e. The SMILES string of the molecule is Cc1cnn(-c2ccc(S(N)(=O)=O)cc2NC(=O)N[C@@H](C)CCc2cccn2C)c1. The van der Waals surface area contributed by atoms with E-state index in [1.807, 2.05) is 43.8 Å². The number of sulfonamides is 1. The van der Waals surface area contributed by atoms with Gasteiger partial charge in [-0.1, -0.05) is 0 Å². The van der Waals surface area contributed by atoms with Crippen molar-refractivity contribution in [3.05, 3.63) is 60.2 Å². The van der Waals surface area contributed by atoms with Crippen LogP contribution in [-0.2, 0) is 23.5 Å². The second kappa shape index (κ2) is 8.72. The number of benzene rings is 1. The summed E-state index contributed by atoms with van der Waals surface area (Å²) in [6.45, 7) is 3.80. The van der Waals surface area contributed by atoms with Gasteiger partial charge in [-0.3, -0.25) is 0 Å². The van der Waals surface area contributed by atoms with Crippen LogP contribution in [-0.4, -0.2) is 34.8 Å². The Kier molecular flexibility index (Phi) is 6.28. The second-order valence-corrected chi connectivity index (χ2v) is 8.90. The molecule has 0 fully saturated rings. The molecular weight excluding hydrogens is 404 g/mol. The van der Waals surface area contributed by atoms with Gasteiger partial charge in [0.1, 0.15) is 0 Å². The predicted octanol–water partition coefficient (Wildman–Crippen LogP) is 2.31. The minimum atomic E-state index is -3.92. The summed E-state index contributed by atoms with van der Waals surface area (Å²) in [5, 5.41) is 15.1. The Morgan fingerprint density at radius 3 is 2.67 bits per heavy atom. The fourth-order valence-corrected chi connectivity index (χ4v) is 3.65. The van der Waals surface area contributed by atoms with Gasteiger partial charge in [-0.15, -0.1) is 0 Å². The van der Waals surface area contributed by atoms with E-state index in [-0.39, 0.29) is 16.6 Å². The first kappa shape index (κ1) is 21.6. The first-order valence-corrected chi connectivity index (χ1v) is 11.0. The molecule has 0 saturated carbocycles. The number of aryl methyl sites for hydroxylation is 3. The lowest BCUT2D eigenvalue weighted by Gasteiger charge is -2.17. The van der Waals surface area contributed by atoms with Crippen LogP contribution in [0.2, 0.25) is 0 Å². The van der Waals surface area contributed by atoms with E-state index >= 15 is 0 Å². The molecule has 9 nitrogen and oxygen atoms in total. The van der Waals surface area contributed by atoms with Crippen molar-refractivity contribution in [1.82, 2.24) is 19.7 Å². The number of aromatic nitrogens is 3. The number of nitrogens with one attached hydrogen (secondary N) is 2. The van der Waals surface area contributed by atoms with Crippen LogP contribution in [0.5, 0.6) is 0 Å². The van der Waals surface area contributed by atoms with Gasteiger partial charge in [-0.25, -0.2) is 23.0 Å². The highest BCUT2D eigenvalue weighted by molar-refractivity contribution is 7.89. The normalized spacial score (nSPS) is 12.5. The molecule has 30 heavy (non-hydrogen) atoms. The third kappa shape index (κ3) is 5.28. The highest BCUT2D eigenvalue weighted by Crippen LogP contribution is 2.24. The lowest BCUT2D eigenvalue weighted by Crippen LogP contribution is -2.36. The van der Waals surface area contributed by atoms with Crippen LogP contribution in [0, 0.1) is 6.92 Å². The Labute approximate surface area is 175 Å². The number of nitrogens with zero attached hydrogens (tertiary/aromatic N) is 3. The topological polar surface area (TPSA) is 124 Å². The molecule has 4 N–H and O–H groups in total. The zero-order valence-corrected chi connectivity index (χ0v) is 18.0. The van der Waals surface area contributed by atoms with Crippen LogP contribution >= 0.6 is 0 Å². The van der Waals surface area contributed by atoms with Gasteiger partial charge in [0.2, 0.25) is 10.0 Å². The van der Waals surface area contributed by atoms with Crippen molar-refractivity contribution in [2.24, 2.45) is 12.2 Å². The van der Waals surface area contributed by atoms with Crippen LogP contribution < -0.4 is 15.8 Å². The molecule has 0 radical (unpaired) electrons. The van der Waals surface area contributed by atoms with Crippen LogP contribution in [0.1, 0.15) is 24.6 Å². The molecule has 1 atom stereocenters. The van der Waals surface area contributed by atoms with Gasteiger partial charge >= 0.3 is 6.03 Å². The largest absolute Gasteiger partial charge is 0.354 e. The summed E-state index contributed by atoms with van der Waals surface area (Å²) in [7, 11) is -1.94. The molecule has 2 heterocycles. The molecule has 0 spiro atoms. The summed E-state index contributed by atoms with van der Waals surface area (Å²) < 4.78 is 27.1. The summed E-state index contributed by atoms with van der Waals surface area (Å²) in [5.74, 6) is 0.